The Morgan fingerprint density at radius 2 is 2.14 bits per heavy atom. The first-order chi connectivity index (χ1) is 10.6. The highest BCUT2D eigenvalue weighted by Gasteiger charge is 2.19. The molecule has 2 heterocycles. The Bertz CT molecular complexity index is 679. The third-order valence-electron chi connectivity index (χ3n) is 4.18. The molecule has 1 aliphatic rings. The molecule has 1 saturated carbocycles. The standard InChI is InChI=1S/C16H20N2O4/c1-18-12-7-8-21-14(12)9-13(18)16(20)22-10-15(19)17-11-5-3-2-4-6-11/h7-9,11H,2-6,10H2,1H3,(H,17,19). The van der Waals surface area contributed by atoms with E-state index in [4.69, 9.17) is 9.15 Å². The largest absolute Gasteiger partial charge is 0.463 e. The lowest BCUT2D eigenvalue weighted by Gasteiger charge is -2.22. The van der Waals surface area contributed by atoms with Crippen LogP contribution in [0.2, 0.25) is 0 Å². The highest BCUT2D eigenvalue weighted by Crippen LogP contribution is 2.20. The number of rotatable bonds is 4. The molecule has 0 radical (unpaired) electrons. The molecule has 118 valence electrons. The van der Waals surface area contributed by atoms with Crippen molar-refractivity contribution in [1.82, 2.24) is 9.88 Å². The quantitative estimate of drug-likeness (QED) is 0.880. The minimum atomic E-state index is -0.521. The van der Waals surface area contributed by atoms with Gasteiger partial charge in [0, 0.05) is 25.2 Å². The molecule has 0 spiro atoms. The molecule has 22 heavy (non-hydrogen) atoms. The van der Waals surface area contributed by atoms with E-state index in [1.165, 1.54) is 6.42 Å². The van der Waals surface area contributed by atoms with Gasteiger partial charge in [0.05, 0.1) is 11.8 Å². The van der Waals surface area contributed by atoms with E-state index in [-0.39, 0.29) is 18.6 Å². The Labute approximate surface area is 128 Å². The number of nitrogens with one attached hydrogen (secondary N) is 1. The lowest BCUT2D eigenvalue weighted by atomic mass is 9.95. The normalized spacial score (nSPS) is 15.9. The van der Waals surface area contributed by atoms with E-state index in [9.17, 15) is 9.59 Å². The molecule has 0 aliphatic heterocycles. The van der Waals surface area contributed by atoms with Gasteiger partial charge in [0.1, 0.15) is 5.69 Å². The maximum atomic E-state index is 12.1. The van der Waals surface area contributed by atoms with Crippen molar-refractivity contribution in [2.45, 2.75) is 38.1 Å². The SMILES string of the molecule is Cn1c(C(=O)OCC(=O)NC2CCCCC2)cc2occc21. The van der Waals surface area contributed by atoms with Crippen molar-refractivity contribution < 1.29 is 18.7 Å². The van der Waals surface area contributed by atoms with E-state index in [1.807, 2.05) is 0 Å². The molecule has 2 aromatic rings. The summed E-state index contributed by atoms with van der Waals surface area (Å²) in [6.45, 7) is -0.248. The van der Waals surface area contributed by atoms with E-state index in [0.29, 0.717) is 11.3 Å². The van der Waals surface area contributed by atoms with Gasteiger partial charge in [-0.3, -0.25) is 4.79 Å². The minimum absolute atomic E-state index is 0.220. The van der Waals surface area contributed by atoms with Crippen LogP contribution in [0.25, 0.3) is 11.1 Å². The van der Waals surface area contributed by atoms with Crippen LogP contribution in [0, 0.1) is 0 Å². The molecule has 6 nitrogen and oxygen atoms in total. The molecular formula is C16H20N2O4. The maximum Gasteiger partial charge on any atom is 0.355 e. The molecular weight excluding hydrogens is 284 g/mol. The van der Waals surface area contributed by atoms with Crippen molar-refractivity contribution in [3.05, 3.63) is 24.1 Å². The predicted molar refractivity (Wildman–Crippen MR) is 80.5 cm³/mol. The van der Waals surface area contributed by atoms with Gasteiger partial charge in [0.25, 0.3) is 5.91 Å². The van der Waals surface area contributed by atoms with Gasteiger partial charge < -0.3 is 19.0 Å². The van der Waals surface area contributed by atoms with Gasteiger partial charge in [-0.2, -0.15) is 0 Å². The molecule has 1 amide bonds. The average Bonchev–Trinajstić information content (AvgIpc) is 3.09. The molecule has 1 fully saturated rings. The van der Waals surface area contributed by atoms with E-state index < -0.39 is 5.97 Å². The summed E-state index contributed by atoms with van der Waals surface area (Å²) in [6, 6.07) is 3.62. The van der Waals surface area contributed by atoms with Gasteiger partial charge in [0.2, 0.25) is 0 Å². The minimum Gasteiger partial charge on any atom is -0.463 e. The van der Waals surface area contributed by atoms with Crippen molar-refractivity contribution in [1.29, 1.82) is 0 Å². The first-order valence-corrected chi connectivity index (χ1v) is 7.64. The van der Waals surface area contributed by atoms with Crippen LogP contribution in [-0.4, -0.2) is 29.1 Å². The zero-order valence-corrected chi connectivity index (χ0v) is 12.6. The second kappa shape index (κ2) is 6.25. The van der Waals surface area contributed by atoms with E-state index in [1.54, 1.807) is 30.0 Å². The Morgan fingerprint density at radius 1 is 1.36 bits per heavy atom. The molecule has 2 aromatic heterocycles. The first-order valence-electron chi connectivity index (χ1n) is 7.64. The number of furan rings is 1. The van der Waals surface area contributed by atoms with Gasteiger partial charge in [-0.05, 0) is 12.8 Å². The number of carbonyl (C=O) groups excluding carboxylic acids is 2. The molecule has 0 atom stereocenters. The lowest BCUT2D eigenvalue weighted by molar-refractivity contribution is -0.125. The van der Waals surface area contributed by atoms with E-state index in [0.717, 1.165) is 31.2 Å². The molecule has 1 N–H and O–H groups in total. The molecule has 0 saturated heterocycles. The number of aromatic nitrogens is 1. The highest BCUT2D eigenvalue weighted by molar-refractivity contribution is 5.95. The highest BCUT2D eigenvalue weighted by atomic mass is 16.5. The lowest BCUT2D eigenvalue weighted by Crippen LogP contribution is -2.38. The summed E-state index contributed by atoms with van der Waals surface area (Å²) in [5.74, 6) is -0.758. The Hall–Kier alpha value is -2.24. The van der Waals surface area contributed by atoms with E-state index >= 15 is 0 Å². The number of ether oxygens (including phenoxy) is 1. The predicted octanol–water partition coefficient (Wildman–Crippen LogP) is 2.38. The van der Waals surface area contributed by atoms with Crippen LogP contribution < -0.4 is 5.32 Å². The van der Waals surface area contributed by atoms with Crippen molar-refractivity contribution in [2.24, 2.45) is 7.05 Å². The van der Waals surface area contributed by atoms with Gasteiger partial charge in [0.15, 0.2) is 12.2 Å². The Morgan fingerprint density at radius 3 is 2.86 bits per heavy atom. The zero-order chi connectivity index (χ0) is 15.5. The monoisotopic (exact) mass is 304 g/mol. The molecule has 0 aromatic carbocycles. The molecule has 6 heteroatoms. The Kier molecular flexibility index (Phi) is 4.18. The van der Waals surface area contributed by atoms with Crippen molar-refractivity contribution in [3.8, 4) is 0 Å². The smallest absolute Gasteiger partial charge is 0.355 e. The summed E-state index contributed by atoms with van der Waals surface area (Å²) in [5, 5.41) is 2.92. The summed E-state index contributed by atoms with van der Waals surface area (Å²) < 4.78 is 12.0. The van der Waals surface area contributed by atoms with Crippen LogP contribution in [0.4, 0.5) is 0 Å². The van der Waals surface area contributed by atoms with Crippen LogP contribution in [-0.2, 0) is 16.6 Å². The first kappa shape index (κ1) is 14.7. The zero-order valence-electron chi connectivity index (χ0n) is 12.6. The van der Waals surface area contributed by atoms with Gasteiger partial charge in [-0.25, -0.2) is 4.79 Å². The van der Waals surface area contributed by atoms with Gasteiger partial charge >= 0.3 is 5.97 Å². The number of esters is 1. The summed E-state index contributed by atoms with van der Waals surface area (Å²) in [5.41, 5.74) is 1.82. The van der Waals surface area contributed by atoms with Gasteiger partial charge in [-0.15, -0.1) is 0 Å². The number of nitrogens with zero attached hydrogens (tertiary/aromatic N) is 1. The summed E-state index contributed by atoms with van der Waals surface area (Å²) >= 11 is 0. The fourth-order valence-corrected chi connectivity index (χ4v) is 2.97. The number of fused-ring (bicyclic) bond motifs is 1. The second-order valence-corrected chi connectivity index (χ2v) is 5.74. The van der Waals surface area contributed by atoms with Crippen molar-refractivity contribution in [2.75, 3.05) is 6.61 Å². The summed E-state index contributed by atoms with van der Waals surface area (Å²) in [7, 11) is 1.76. The summed E-state index contributed by atoms with van der Waals surface area (Å²) in [4.78, 5) is 23.9. The van der Waals surface area contributed by atoms with Crippen LogP contribution in [0.15, 0.2) is 22.8 Å². The number of carbonyl (C=O) groups is 2. The van der Waals surface area contributed by atoms with Crippen molar-refractivity contribution in [3.63, 3.8) is 0 Å². The number of hydrogen-bond acceptors (Lipinski definition) is 4. The molecule has 3 rings (SSSR count). The molecule has 0 bridgehead atoms. The third kappa shape index (κ3) is 3.00. The maximum absolute atomic E-state index is 12.1. The number of hydrogen-bond donors (Lipinski definition) is 1. The fourth-order valence-electron chi connectivity index (χ4n) is 2.97. The van der Waals surface area contributed by atoms with Gasteiger partial charge in [-0.1, -0.05) is 19.3 Å². The van der Waals surface area contributed by atoms with Crippen LogP contribution in [0.1, 0.15) is 42.6 Å². The van der Waals surface area contributed by atoms with Crippen LogP contribution in [0.5, 0.6) is 0 Å². The number of aryl methyl sites for hydroxylation is 1. The topological polar surface area (TPSA) is 73.5 Å². The molecule has 0 unspecified atom stereocenters. The fraction of sp³-hybridized carbons (Fsp3) is 0.500. The third-order valence-corrected chi connectivity index (χ3v) is 4.18. The van der Waals surface area contributed by atoms with E-state index in [2.05, 4.69) is 5.32 Å². The second-order valence-electron chi connectivity index (χ2n) is 5.74. The number of amides is 1. The molecule has 1 aliphatic carbocycles. The van der Waals surface area contributed by atoms with Crippen molar-refractivity contribution >= 4 is 23.0 Å². The Balaban J connectivity index is 1.54. The van der Waals surface area contributed by atoms with Crippen LogP contribution >= 0.6 is 0 Å². The average molecular weight is 304 g/mol. The summed E-state index contributed by atoms with van der Waals surface area (Å²) in [6.07, 6.45) is 7.11. The van der Waals surface area contributed by atoms with Crippen LogP contribution in [0.3, 0.4) is 0 Å².